The zero-order chi connectivity index (χ0) is 22.4. The fourth-order valence-electron chi connectivity index (χ4n) is 5.52. The maximum Gasteiger partial charge on any atom is 0.154 e. The van der Waals surface area contributed by atoms with Crippen molar-refractivity contribution in [2.45, 2.75) is 20.0 Å². The molecule has 5 heterocycles. The second kappa shape index (κ2) is 8.24. The Labute approximate surface area is 193 Å². The van der Waals surface area contributed by atoms with Crippen LogP contribution in [-0.4, -0.2) is 50.7 Å². The van der Waals surface area contributed by atoms with E-state index in [2.05, 4.69) is 57.2 Å². The first-order chi connectivity index (χ1) is 16.2. The van der Waals surface area contributed by atoms with E-state index in [4.69, 9.17) is 15.8 Å². The van der Waals surface area contributed by atoms with Crippen molar-refractivity contribution >= 4 is 11.5 Å². The van der Waals surface area contributed by atoms with Crippen molar-refractivity contribution in [3.05, 3.63) is 77.7 Å². The van der Waals surface area contributed by atoms with Gasteiger partial charge in [0.15, 0.2) is 5.65 Å². The molecule has 0 spiro atoms. The SMILES string of the molecule is Cc1nc2ccc(N3CC4CN(Cc5ccccc5)CC4C3)nn2c1-c1ccnc(CN)c1. The quantitative estimate of drug-likeness (QED) is 0.515. The number of aryl methyl sites for hydroxylation is 1. The van der Waals surface area contributed by atoms with Crippen molar-refractivity contribution in [1.82, 2.24) is 24.5 Å². The molecule has 7 nitrogen and oxygen atoms in total. The Morgan fingerprint density at radius 2 is 1.76 bits per heavy atom. The minimum absolute atomic E-state index is 0.417. The van der Waals surface area contributed by atoms with Gasteiger partial charge < -0.3 is 10.6 Å². The maximum atomic E-state index is 5.82. The number of hydrogen-bond donors (Lipinski definition) is 1. The third kappa shape index (κ3) is 3.77. The number of nitrogens with zero attached hydrogens (tertiary/aromatic N) is 6. The van der Waals surface area contributed by atoms with Crippen molar-refractivity contribution in [3.63, 3.8) is 0 Å². The second-order valence-electron chi connectivity index (χ2n) is 9.35. The van der Waals surface area contributed by atoms with Crippen molar-refractivity contribution in [1.29, 1.82) is 0 Å². The highest BCUT2D eigenvalue weighted by Crippen LogP contribution is 2.34. The van der Waals surface area contributed by atoms with Gasteiger partial charge in [-0.2, -0.15) is 0 Å². The molecule has 0 aliphatic carbocycles. The second-order valence-corrected chi connectivity index (χ2v) is 9.35. The van der Waals surface area contributed by atoms with E-state index in [1.807, 2.05) is 29.8 Å². The van der Waals surface area contributed by atoms with Crippen LogP contribution in [0.25, 0.3) is 16.9 Å². The highest BCUT2D eigenvalue weighted by molar-refractivity contribution is 5.67. The molecule has 2 N–H and O–H groups in total. The van der Waals surface area contributed by atoms with E-state index in [0.717, 1.165) is 66.8 Å². The van der Waals surface area contributed by atoms with Gasteiger partial charge in [0.25, 0.3) is 0 Å². The van der Waals surface area contributed by atoms with Gasteiger partial charge in [0.2, 0.25) is 0 Å². The van der Waals surface area contributed by atoms with E-state index in [1.165, 1.54) is 5.56 Å². The van der Waals surface area contributed by atoms with Gasteiger partial charge in [0, 0.05) is 51.0 Å². The average molecular weight is 440 g/mol. The van der Waals surface area contributed by atoms with E-state index in [9.17, 15) is 0 Å². The first-order valence-corrected chi connectivity index (χ1v) is 11.7. The first kappa shape index (κ1) is 20.3. The number of hydrogen-bond acceptors (Lipinski definition) is 6. The van der Waals surface area contributed by atoms with Gasteiger partial charge >= 0.3 is 0 Å². The molecule has 4 aromatic rings. The van der Waals surface area contributed by atoms with Crippen LogP contribution >= 0.6 is 0 Å². The number of pyridine rings is 1. The normalized spacial score (nSPS) is 20.6. The van der Waals surface area contributed by atoms with E-state index < -0.39 is 0 Å². The lowest BCUT2D eigenvalue weighted by Gasteiger charge is -2.22. The summed E-state index contributed by atoms with van der Waals surface area (Å²) in [5, 5.41) is 5.04. The Morgan fingerprint density at radius 3 is 2.52 bits per heavy atom. The Bertz CT molecular complexity index is 1270. The summed E-state index contributed by atoms with van der Waals surface area (Å²) in [6.45, 7) is 7.94. The first-order valence-electron chi connectivity index (χ1n) is 11.7. The minimum atomic E-state index is 0.417. The molecule has 2 unspecified atom stereocenters. The van der Waals surface area contributed by atoms with Gasteiger partial charge in [-0.15, -0.1) is 5.10 Å². The van der Waals surface area contributed by atoms with Gasteiger partial charge in [-0.05, 0) is 48.6 Å². The molecule has 1 aromatic carbocycles. The zero-order valence-electron chi connectivity index (χ0n) is 18.9. The molecule has 3 aromatic heterocycles. The Kier molecular flexibility index (Phi) is 5.08. The number of nitrogens with two attached hydrogens (primary N) is 1. The highest BCUT2D eigenvalue weighted by Gasteiger charge is 2.40. The molecule has 0 amide bonds. The fourth-order valence-corrected chi connectivity index (χ4v) is 5.52. The summed E-state index contributed by atoms with van der Waals surface area (Å²) in [6, 6.07) is 19.0. The lowest BCUT2D eigenvalue weighted by atomic mass is 10.0. The molecule has 168 valence electrons. The van der Waals surface area contributed by atoms with Gasteiger partial charge in [-0.1, -0.05) is 30.3 Å². The predicted molar refractivity (Wildman–Crippen MR) is 130 cm³/mol. The summed E-state index contributed by atoms with van der Waals surface area (Å²) in [4.78, 5) is 14.1. The minimum Gasteiger partial charge on any atom is -0.355 e. The van der Waals surface area contributed by atoms with Crippen LogP contribution in [0, 0.1) is 18.8 Å². The fraction of sp³-hybridized carbons (Fsp3) is 0.346. The van der Waals surface area contributed by atoms with Crippen LogP contribution in [0.15, 0.2) is 60.8 Å². The van der Waals surface area contributed by atoms with E-state index >= 15 is 0 Å². The summed E-state index contributed by atoms with van der Waals surface area (Å²) in [5.74, 6) is 2.42. The summed E-state index contributed by atoms with van der Waals surface area (Å²) < 4.78 is 1.98. The van der Waals surface area contributed by atoms with Crippen LogP contribution in [0.3, 0.4) is 0 Å². The van der Waals surface area contributed by atoms with E-state index in [0.29, 0.717) is 18.4 Å². The third-order valence-electron chi connectivity index (χ3n) is 7.07. The zero-order valence-corrected chi connectivity index (χ0v) is 18.9. The number of fused-ring (bicyclic) bond motifs is 2. The molecule has 0 radical (unpaired) electrons. The highest BCUT2D eigenvalue weighted by atomic mass is 15.4. The van der Waals surface area contributed by atoms with Crippen molar-refractivity contribution in [2.75, 3.05) is 31.1 Å². The standard InChI is InChI=1S/C26H29N7/c1-18-26(20-9-10-28-23(11-20)12-27)33-24(29-18)7-8-25(30-33)32-16-21-14-31(15-22(21)17-32)13-19-5-3-2-4-6-19/h2-11,21-22H,12-17,27H2,1H3. The number of imidazole rings is 1. The van der Waals surface area contributed by atoms with Gasteiger partial charge in [0.05, 0.1) is 17.1 Å². The molecular weight excluding hydrogens is 410 g/mol. The van der Waals surface area contributed by atoms with E-state index in [1.54, 1.807) is 0 Å². The average Bonchev–Trinajstić information content (AvgIpc) is 3.49. The van der Waals surface area contributed by atoms with Gasteiger partial charge in [-0.3, -0.25) is 9.88 Å². The van der Waals surface area contributed by atoms with Crippen LogP contribution in [-0.2, 0) is 13.1 Å². The van der Waals surface area contributed by atoms with Crippen molar-refractivity contribution in [2.24, 2.45) is 17.6 Å². The predicted octanol–water partition coefficient (Wildman–Crippen LogP) is 3.13. The summed E-state index contributed by atoms with van der Waals surface area (Å²) >= 11 is 0. The molecule has 2 aliphatic heterocycles. The molecule has 33 heavy (non-hydrogen) atoms. The number of likely N-dealkylation sites (tertiary alicyclic amines) is 1. The van der Waals surface area contributed by atoms with Crippen LogP contribution in [0.4, 0.5) is 5.82 Å². The van der Waals surface area contributed by atoms with Gasteiger partial charge in [-0.25, -0.2) is 9.50 Å². The third-order valence-corrected chi connectivity index (χ3v) is 7.07. The number of anilines is 1. The smallest absolute Gasteiger partial charge is 0.154 e. The Hall–Kier alpha value is -3.29. The molecule has 0 saturated carbocycles. The lowest BCUT2D eigenvalue weighted by Crippen LogP contribution is -2.29. The lowest BCUT2D eigenvalue weighted by molar-refractivity contribution is 0.308. The van der Waals surface area contributed by atoms with Crippen molar-refractivity contribution in [3.8, 4) is 11.3 Å². The topological polar surface area (TPSA) is 75.6 Å². The molecule has 2 fully saturated rings. The molecule has 2 aliphatic rings. The number of benzene rings is 1. The summed E-state index contributed by atoms with van der Waals surface area (Å²) in [7, 11) is 0. The van der Waals surface area contributed by atoms with E-state index in [-0.39, 0.29) is 0 Å². The summed E-state index contributed by atoms with van der Waals surface area (Å²) in [6.07, 6.45) is 1.81. The maximum absolute atomic E-state index is 5.82. The molecule has 0 bridgehead atoms. The molecule has 7 heteroatoms. The molecule has 2 atom stereocenters. The monoisotopic (exact) mass is 439 g/mol. The molecule has 6 rings (SSSR count). The van der Waals surface area contributed by atoms with Crippen molar-refractivity contribution < 1.29 is 0 Å². The van der Waals surface area contributed by atoms with Gasteiger partial charge in [0.1, 0.15) is 5.82 Å². The molecular formula is C26H29N7. The van der Waals surface area contributed by atoms with Crippen LogP contribution in [0.1, 0.15) is 17.0 Å². The van der Waals surface area contributed by atoms with Crippen LogP contribution in [0.5, 0.6) is 0 Å². The Morgan fingerprint density at radius 1 is 0.970 bits per heavy atom. The Balaban J connectivity index is 1.23. The number of rotatable bonds is 5. The van der Waals surface area contributed by atoms with Crippen LogP contribution in [0.2, 0.25) is 0 Å². The molecule has 2 saturated heterocycles. The van der Waals surface area contributed by atoms with Crippen LogP contribution < -0.4 is 10.6 Å². The largest absolute Gasteiger partial charge is 0.355 e. The summed E-state index contributed by atoms with van der Waals surface area (Å²) in [5.41, 5.74) is 12.0. The number of aromatic nitrogens is 4.